The Hall–Kier alpha value is -1.04. The fraction of sp³-hybridized carbons (Fsp3) is 0.538. The van der Waals surface area contributed by atoms with E-state index in [0.717, 1.165) is 11.8 Å². The third kappa shape index (κ3) is 4.68. The first kappa shape index (κ1) is 15.0. The van der Waals surface area contributed by atoms with Crippen molar-refractivity contribution in [2.45, 2.75) is 19.5 Å². The predicted molar refractivity (Wildman–Crippen MR) is 76.0 cm³/mol. The van der Waals surface area contributed by atoms with Crippen LogP contribution in [0.5, 0.6) is 5.75 Å². The number of nitrogen functional groups attached to an aromatic ring is 1. The summed E-state index contributed by atoms with van der Waals surface area (Å²) in [6.07, 6.45) is 0. The predicted octanol–water partition coefficient (Wildman–Crippen LogP) is 2.65. The van der Waals surface area contributed by atoms with Crippen LogP contribution in [0.15, 0.2) is 24.3 Å². The lowest BCUT2D eigenvalue weighted by atomic mass is 10.2. The summed E-state index contributed by atoms with van der Waals surface area (Å²) in [5.74, 6) is 1.18. The van der Waals surface area contributed by atoms with Crippen LogP contribution in [0, 0.1) is 5.92 Å². The van der Waals surface area contributed by atoms with Crippen molar-refractivity contribution >= 4 is 14.2 Å². The lowest BCUT2D eigenvalue weighted by Crippen LogP contribution is -2.38. The molecule has 0 spiro atoms. The largest absolute Gasteiger partial charge is 0.493 e. The maximum Gasteiger partial charge on any atom is 0.334 e. The number of benzene rings is 1. The molecule has 0 heterocycles. The summed E-state index contributed by atoms with van der Waals surface area (Å²) in [6.45, 7) is 4.83. The van der Waals surface area contributed by atoms with E-state index in [1.54, 1.807) is 14.2 Å². The third-order valence-corrected chi connectivity index (χ3v) is 6.14. The quantitative estimate of drug-likeness (QED) is 0.611. The molecule has 0 aromatic heterocycles. The van der Waals surface area contributed by atoms with E-state index in [4.69, 9.17) is 19.3 Å². The summed E-state index contributed by atoms with van der Waals surface area (Å²) >= 11 is 0. The minimum atomic E-state index is -2.01. The van der Waals surface area contributed by atoms with Gasteiger partial charge in [-0.3, -0.25) is 0 Å². The van der Waals surface area contributed by atoms with Crippen molar-refractivity contribution in [1.29, 1.82) is 0 Å². The lowest BCUT2D eigenvalue weighted by molar-refractivity contribution is 0.222. The van der Waals surface area contributed by atoms with E-state index in [-0.39, 0.29) is 0 Å². The van der Waals surface area contributed by atoms with E-state index < -0.39 is 8.56 Å². The normalized spacial score (nSPS) is 13.3. The minimum Gasteiger partial charge on any atom is -0.493 e. The van der Waals surface area contributed by atoms with E-state index in [9.17, 15) is 0 Å². The van der Waals surface area contributed by atoms with Crippen molar-refractivity contribution in [3.63, 3.8) is 0 Å². The van der Waals surface area contributed by atoms with Gasteiger partial charge in [-0.2, -0.15) is 0 Å². The molecule has 0 aliphatic rings. The minimum absolute atomic E-state index is 0.378. The van der Waals surface area contributed by atoms with Crippen LogP contribution in [0.3, 0.4) is 0 Å². The topological polar surface area (TPSA) is 53.7 Å². The zero-order chi connectivity index (χ0) is 13.6. The summed E-state index contributed by atoms with van der Waals surface area (Å²) in [6, 6.07) is 8.37. The molecule has 0 bridgehead atoms. The van der Waals surface area contributed by atoms with Gasteiger partial charge in [0.15, 0.2) is 0 Å². The van der Waals surface area contributed by atoms with E-state index in [2.05, 4.69) is 13.5 Å². The third-order valence-electron chi connectivity index (χ3n) is 2.98. The Morgan fingerprint density at radius 2 is 1.94 bits per heavy atom. The summed E-state index contributed by atoms with van der Waals surface area (Å²) in [4.78, 5) is 0. The lowest BCUT2D eigenvalue weighted by Gasteiger charge is -2.26. The van der Waals surface area contributed by atoms with Gasteiger partial charge in [0.1, 0.15) is 5.75 Å². The molecule has 18 heavy (non-hydrogen) atoms. The number of hydrogen-bond donors (Lipinski definition) is 1. The Morgan fingerprint density at radius 3 is 2.50 bits per heavy atom. The van der Waals surface area contributed by atoms with Crippen molar-refractivity contribution in [3.05, 3.63) is 24.3 Å². The van der Waals surface area contributed by atoms with Gasteiger partial charge in [0.2, 0.25) is 0 Å². The van der Waals surface area contributed by atoms with Gasteiger partial charge in [0.25, 0.3) is 0 Å². The molecule has 0 amide bonds. The summed E-state index contributed by atoms with van der Waals surface area (Å²) < 4.78 is 16.7. The van der Waals surface area contributed by atoms with Crippen LogP contribution in [-0.4, -0.2) is 29.4 Å². The Labute approximate surface area is 110 Å². The molecule has 5 heteroatoms. The summed E-state index contributed by atoms with van der Waals surface area (Å²) in [7, 11) is 1.40. The van der Waals surface area contributed by atoms with Crippen molar-refractivity contribution in [1.82, 2.24) is 0 Å². The van der Waals surface area contributed by atoms with Gasteiger partial charge >= 0.3 is 8.56 Å². The maximum absolute atomic E-state index is 5.71. The number of nitrogens with two attached hydrogens (primary N) is 1. The highest BCUT2D eigenvalue weighted by atomic mass is 28.4. The van der Waals surface area contributed by atoms with Crippen molar-refractivity contribution in [2.24, 2.45) is 5.92 Å². The Balaban J connectivity index is 2.44. The highest BCUT2D eigenvalue weighted by Crippen LogP contribution is 2.20. The van der Waals surface area contributed by atoms with Crippen LogP contribution >= 0.6 is 0 Å². The van der Waals surface area contributed by atoms with Gasteiger partial charge in [0.05, 0.1) is 6.61 Å². The summed E-state index contributed by atoms with van der Waals surface area (Å²) in [5.41, 5.74) is 6.41. The first-order valence-corrected chi connectivity index (χ1v) is 8.60. The molecule has 102 valence electrons. The van der Waals surface area contributed by atoms with Gasteiger partial charge in [-0.25, -0.2) is 0 Å². The second-order valence-electron chi connectivity index (χ2n) is 4.73. The fourth-order valence-electron chi connectivity index (χ4n) is 1.78. The highest BCUT2D eigenvalue weighted by molar-refractivity contribution is 6.65. The Bertz CT molecular complexity index is 369. The van der Waals surface area contributed by atoms with E-state index >= 15 is 0 Å². The zero-order valence-electron chi connectivity index (χ0n) is 11.6. The molecule has 0 saturated heterocycles. The van der Waals surface area contributed by atoms with Gasteiger partial charge in [0, 0.05) is 26.0 Å². The van der Waals surface area contributed by atoms with Gasteiger partial charge in [-0.1, -0.05) is 13.0 Å². The highest BCUT2D eigenvalue weighted by Gasteiger charge is 2.31. The fourth-order valence-corrected chi connectivity index (χ4v) is 3.67. The van der Waals surface area contributed by atoms with Crippen LogP contribution in [0.25, 0.3) is 0 Å². The molecular formula is C13H23NO3Si. The average Bonchev–Trinajstić information content (AvgIpc) is 2.36. The van der Waals surface area contributed by atoms with E-state index in [1.807, 2.05) is 24.3 Å². The van der Waals surface area contributed by atoms with Crippen molar-refractivity contribution in [2.75, 3.05) is 26.6 Å². The van der Waals surface area contributed by atoms with Crippen molar-refractivity contribution in [3.8, 4) is 5.75 Å². The molecule has 1 aromatic carbocycles. The van der Waals surface area contributed by atoms with Crippen LogP contribution in [0.4, 0.5) is 5.69 Å². The number of ether oxygens (including phenoxy) is 1. The standard InChI is InChI=1S/C13H23NO3Si/c1-11(10-18(4,15-2)16-3)9-17-13-7-5-6-12(14)8-13/h5-8,11H,9-10,14H2,1-4H3. The van der Waals surface area contributed by atoms with Crippen molar-refractivity contribution < 1.29 is 13.6 Å². The monoisotopic (exact) mass is 269 g/mol. The molecule has 0 aliphatic carbocycles. The molecule has 4 nitrogen and oxygen atoms in total. The maximum atomic E-state index is 5.71. The van der Waals surface area contributed by atoms with E-state index in [1.165, 1.54) is 0 Å². The molecule has 1 atom stereocenters. The van der Waals surface area contributed by atoms with Gasteiger partial charge in [-0.15, -0.1) is 0 Å². The van der Waals surface area contributed by atoms with Crippen LogP contribution in [-0.2, 0) is 8.85 Å². The Kier molecular flexibility index (Phi) is 5.65. The zero-order valence-corrected chi connectivity index (χ0v) is 12.6. The first-order valence-electron chi connectivity index (χ1n) is 6.07. The van der Waals surface area contributed by atoms with Gasteiger partial charge in [-0.05, 0) is 30.6 Å². The first-order chi connectivity index (χ1) is 8.49. The molecule has 1 unspecified atom stereocenters. The van der Waals surface area contributed by atoms with Crippen LogP contribution in [0.1, 0.15) is 6.92 Å². The number of rotatable bonds is 7. The smallest absolute Gasteiger partial charge is 0.334 e. The molecular weight excluding hydrogens is 246 g/mol. The molecule has 1 aromatic rings. The molecule has 0 fully saturated rings. The molecule has 1 rings (SSSR count). The molecule has 0 radical (unpaired) electrons. The number of hydrogen-bond acceptors (Lipinski definition) is 4. The number of anilines is 1. The molecule has 2 N–H and O–H groups in total. The van der Waals surface area contributed by atoms with Crippen LogP contribution < -0.4 is 10.5 Å². The second-order valence-corrected chi connectivity index (χ2v) is 8.23. The molecule has 0 aliphatic heterocycles. The summed E-state index contributed by atoms with van der Waals surface area (Å²) in [5, 5.41) is 0. The van der Waals surface area contributed by atoms with Crippen LogP contribution in [0.2, 0.25) is 12.6 Å². The molecule has 0 saturated carbocycles. The van der Waals surface area contributed by atoms with E-state index in [0.29, 0.717) is 18.2 Å². The SMILES string of the molecule is CO[Si](C)(CC(C)COc1cccc(N)c1)OC. The van der Waals surface area contributed by atoms with Gasteiger partial charge < -0.3 is 19.3 Å². The second kappa shape index (κ2) is 6.77. The average molecular weight is 269 g/mol. The Morgan fingerprint density at radius 1 is 1.28 bits per heavy atom.